The average molecular weight is 456 g/mol. The maximum atomic E-state index is 13.3. The third-order valence-corrected chi connectivity index (χ3v) is 6.52. The summed E-state index contributed by atoms with van der Waals surface area (Å²) in [6, 6.07) is 10.2. The summed E-state index contributed by atoms with van der Waals surface area (Å²) in [5, 5.41) is 5.36. The Kier molecular flexibility index (Phi) is 4.73. The first-order valence-corrected chi connectivity index (χ1v) is 11.3. The molecule has 0 bridgehead atoms. The molecule has 5 aromatic rings. The van der Waals surface area contributed by atoms with E-state index in [1.807, 2.05) is 38.5 Å². The van der Waals surface area contributed by atoms with E-state index in [1.54, 1.807) is 27.1 Å². The molecule has 172 valence electrons. The Morgan fingerprint density at radius 3 is 2.56 bits per heavy atom. The molecule has 5 heterocycles. The van der Waals surface area contributed by atoms with Crippen LogP contribution in [0.5, 0.6) is 0 Å². The van der Waals surface area contributed by atoms with Gasteiger partial charge in [0.15, 0.2) is 0 Å². The van der Waals surface area contributed by atoms with E-state index in [-0.39, 0.29) is 5.69 Å². The molecule has 0 atom stereocenters. The van der Waals surface area contributed by atoms with Crippen LogP contribution >= 0.6 is 0 Å². The van der Waals surface area contributed by atoms with Crippen molar-refractivity contribution in [2.24, 2.45) is 14.1 Å². The van der Waals surface area contributed by atoms with Gasteiger partial charge in [0.2, 0.25) is 0 Å². The number of pyridine rings is 2. The maximum Gasteiger partial charge on any atom is 0.334 e. The molecule has 0 N–H and O–H groups in total. The van der Waals surface area contributed by atoms with Gasteiger partial charge in [0, 0.05) is 50.4 Å². The maximum absolute atomic E-state index is 13.3. The highest BCUT2D eigenvalue weighted by Gasteiger charge is 2.19. The lowest BCUT2D eigenvalue weighted by atomic mass is 10.0. The molecule has 6 rings (SSSR count). The fourth-order valence-corrected chi connectivity index (χ4v) is 4.78. The quantitative estimate of drug-likeness (QED) is 0.416. The highest BCUT2D eigenvalue weighted by molar-refractivity contribution is 6.04. The summed E-state index contributed by atoms with van der Waals surface area (Å²) in [6.07, 6.45) is 5.54. The number of imidazole rings is 1. The molecule has 0 amide bonds. The number of aryl methyl sites for hydroxylation is 3. The lowest BCUT2D eigenvalue weighted by Crippen LogP contribution is -2.36. The van der Waals surface area contributed by atoms with E-state index in [1.165, 1.54) is 0 Å². The average Bonchev–Trinajstić information content (AvgIpc) is 3.33. The molecule has 9 nitrogen and oxygen atoms in total. The summed E-state index contributed by atoms with van der Waals surface area (Å²) in [5.74, 6) is 0.724. The van der Waals surface area contributed by atoms with Gasteiger partial charge in [-0.2, -0.15) is 5.10 Å². The number of nitrogens with zero attached hydrogens (tertiary/aromatic N) is 7. The zero-order chi connectivity index (χ0) is 23.4. The third kappa shape index (κ3) is 3.19. The highest BCUT2D eigenvalue weighted by atomic mass is 16.5. The summed E-state index contributed by atoms with van der Waals surface area (Å²) in [5.41, 5.74) is 6.26. The van der Waals surface area contributed by atoms with Crippen LogP contribution in [0.25, 0.3) is 38.9 Å². The molecule has 1 aromatic carbocycles. The van der Waals surface area contributed by atoms with E-state index in [0.29, 0.717) is 0 Å². The van der Waals surface area contributed by atoms with Crippen molar-refractivity contribution in [3.63, 3.8) is 0 Å². The molecule has 0 spiro atoms. The summed E-state index contributed by atoms with van der Waals surface area (Å²) < 4.78 is 10.6. The van der Waals surface area contributed by atoms with Gasteiger partial charge in [0.1, 0.15) is 5.82 Å². The van der Waals surface area contributed by atoms with E-state index in [4.69, 9.17) is 4.74 Å². The van der Waals surface area contributed by atoms with Crippen LogP contribution in [-0.4, -0.2) is 55.2 Å². The van der Waals surface area contributed by atoms with Crippen LogP contribution in [0.1, 0.15) is 5.69 Å². The SMILES string of the molecule is Cc1cc(-n2c(=O)n(C)c3cnc4ccc(-c5cncc(N6CCOCC6)c5)cc4c32)n(C)n1. The van der Waals surface area contributed by atoms with E-state index in [9.17, 15) is 4.79 Å². The van der Waals surface area contributed by atoms with E-state index in [0.717, 1.165) is 76.6 Å². The Labute approximate surface area is 195 Å². The molecule has 1 saturated heterocycles. The fraction of sp³-hybridized carbons (Fsp3) is 0.280. The minimum Gasteiger partial charge on any atom is -0.378 e. The monoisotopic (exact) mass is 455 g/mol. The normalized spacial score (nSPS) is 14.4. The molecule has 0 saturated carbocycles. The van der Waals surface area contributed by atoms with E-state index in [2.05, 4.69) is 38.2 Å². The second kappa shape index (κ2) is 7.81. The number of fused-ring (bicyclic) bond motifs is 3. The molecule has 1 fully saturated rings. The molecular formula is C25H25N7O2. The zero-order valence-corrected chi connectivity index (χ0v) is 19.4. The van der Waals surface area contributed by atoms with Crippen LogP contribution in [0.4, 0.5) is 5.69 Å². The van der Waals surface area contributed by atoms with Crippen molar-refractivity contribution in [2.45, 2.75) is 6.92 Å². The lowest BCUT2D eigenvalue weighted by Gasteiger charge is -2.28. The lowest BCUT2D eigenvalue weighted by molar-refractivity contribution is 0.122. The Morgan fingerprint density at radius 2 is 1.79 bits per heavy atom. The number of anilines is 1. The highest BCUT2D eigenvalue weighted by Crippen LogP contribution is 2.31. The Hall–Kier alpha value is -3.98. The van der Waals surface area contributed by atoms with Crippen molar-refractivity contribution in [1.29, 1.82) is 0 Å². The van der Waals surface area contributed by atoms with Gasteiger partial charge in [-0.3, -0.25) is 19.2 Å². The smallest absolute Gasteiger partial charge is 0.334 e. The second-order valence-corrected chi connectivity index (χ2v) is 8.70. The molecule has 9 heteroatoms. The van der Waals surface area contributed by atoms with Crippen LogP contribution in [-0.2, 0) is 18.8 Å². The van der Waals surface area contributed by atoms with Crippen LogP contribution in [0.3, 0.4) is 0 Å². The number of ether oxygens (including phenoxy) is 1. The number of benzene rings is 1. The minimum absolute atomic E-state index is 0.131. The molecule has 4 aromatic heterocycles. The zero-order valence-electron chi connectivity index (χ0n) is 19.4. The Balaban J connectivity index is 1.57. The number of aromatic nitrogens is 6. The van der Waals surface area contributed by atoms with Gasteiger partial charge in [-0.05, 0) is 30.7 Å². The summed E-state index contributed by atoms with van der Waals surface area (Å²) in [7, 11) is 3.63. The summed E-state index contributed by atoms with van der Waals surface area (Å²) in [6.45, 7) is 5.08. The first kappa shape index (κ1) is 20.6. The molecule has 1 aliphatic rings. The van der Waals surface area contributed by atoms with Crippen molar-refractivity contribution >= 4 is 27.6 Å². The van der Waals surface area contributed by atoms with Crippen molar-refractivity contribution in [3.8, 4) is 16.9 Å². The van der Waals surface area contributed by atoms with Crippen molar-refractivity contribution < 1.29 is 4.74 Å². The Bertz CT molecular complexity index is 1610. The van der Waals surface area contributed by atoms with Crippen molar-refractivity contribution in [2.75, 3.05) is 31.2 Å². The molecule has 0 aliphatic carbocycles. The van der Waals surface area contributed by atoms with Gasteiger partial charge in [-0.25, -0.2) is 9.36 Å². The van der Waals surface area contributed by atoms with Crippen LogP contribution < -0.4 is 10.6 Å². The van der Waals surface area contributed by atoms with Gasteiger partial charge in [0.25, 0.3) is 0 Å². The number of hydrogen-bond donors (Lipinski definition) is 0. The van der Waals surface area contributed by atoms with Gasteiger partial charge >= 0.3 is 5.69 Å². The standard InChI is InChI=1S/C25H25N7O2/c1-16-10-23(30(3)28-16)32-24-20-12-17(4-5-21(20)27-15-22(24)29(2)25(32)33)18-11-19(14-26-13-18)31-6-8-34-9-7-31/h4-5,10-15H,6-9H2,1-3H3. The van der Waals surface area contributed by atoms with E-state index >= 15 is 0 Å². The fourth-order valence-electron chi connectivity index (χ4n) is 4.78. The molecule has 1 aliphatic heterocycles. The minimum atomic E-state index is -0.131. The molecule has 0 radical (unpaired) electrons. The number of morpholine rings is 1. The first-order valence-electron chi connectivity index (χ1n) is 11.3. The van der Waals surface area contributed by atoms with Crippen LogP contribution in [0.15, 0.2) is 53.7 Å². The topological polar surface area (TPSA) is 83.0 Å². The molecular weight excluding hydrogens is 430 g/mol. The van der Waals surface area contributed by atoms with Gasteiger partial charge in [-0.15, -0.1) is 0 Å². The largest absolute Gasteiger partial charge is 0.378 e. The Morgan fingerprint density at radius 1 is 0.971 bits per heavy atom. The van der Waals surface area contributed by atoms with Gasteiger partial charge in [0.05, 0.1) is 53.5 Å². The summed E-state index contributed by atoms with van der Waals surface area (Å²) in [4.78, 5) is 24.7. The summed E-state index contributed by atoms with van der Waals surface area (Å²) >= 11 is 0. The predicted molar refractivity (Wildman–Crippen MR) is 132 cm³/mol. The molecule has 0 unspecified atom stereocenters. The van der Waals surface area contributed by atoms with Crippen molar-refractivity contribution in [3.05, 3.63) is 65.1 Å². The predicted octanol–water partition coefficient (Wildman–Crippen LogP) is 2.82. The van der Waals surface area contributed by atoms with Gasteiger partial charge in [-0.1, -0.05) is 6.07 Å². The van der Waals surface area contributed by atoms with Crippen molar-refractivity contribution in [1.82, 2.24) is 28.9 Å². The van der Waals surface area contributed by atoms with Crippen LogP contribution in [0.2, 0.25) is 0 Å². The second-order valence-electron chi connectivity index (χ2n) is 8.70. The number of hydrogen-bond acceptors (Lipinski definition) is 6. The van der Waals surface area contributed by atoms with Gasteiger partial charge < -0.3 is 9.64 Å². The third-order valence-electron chi connectivity index (χ3n) is 6.52. The van der Waals surface area contributed by atoms with Crippen LogP contribution in [0, 0.1) is 6.92 Å². The van der Waals surface area contributed by atoms with E-state index < -0.39 is 0 Å². The first-order chi connectivity index (χ1) is 16.5. The molecule has 34 heavy (non-hydrogen) atoms. The number of rotatable bonds is 3.